The second-order valence-electron chi connectivity index (χ2n) is 13.0. The predicted octanol–water partition coefficient (Wildman–Crippen LogP) is 11.5. The Balaban J connectivity index is 1.31. The van der Waals surface area contributed by atoms with Gasteiger partial charge in [-0.3, -0.25) is 9.69 Å². The van der Waals surface area contributed by atoms with Crippen LogP contribution in [-0.4, -0.2) is 43.8 Å². The zero-order valence-corrected chi connectivity index (χ0v) is 29.8. The Bertz CT molecular complexity index is 1130. The number of unbranched alkanes of at least 4 members (excludes halogenated alkanes) is 18. The fourth-order valence-electron chi connectivity index (χ4n) is 6.90. The first-order chi connectivity index (χ1) is 21.5. The highest BCUT2D eigenvalue weighted by Crippen LogP contribution is 2.39. The molecule has 2 heterocycles. The molecular weight excluding hydrogens is 597 g/mol. The van der Waals surface area contributed by atoms with Gasteiger partial charge in [0.05, 0.1) is 0 Å². The predicted molar refractivity (Wildman–Crippen MR) is 200 cm³/mol. The van der Waals surface area contributed by atoms with Crippen LogP contribution in [-0.2, 0) is 0 Å². The number of rotatable bonds is 22. The van der Waals surface area contributed by atoms with Crippen LogP contribution in [0.3, 0.4) is 0 Å². The van der Waals surface area contributed by atoms with Crippen molar-refractivity contribution in [3.63, 3.8) is 0 Å². The molecule has 2 aliphatic heterocycles. The molecule has 0 spiro atoms. The maximum Gasteiger partial charge on any atom is 0.259 e. The van der Waals surface area contributed by atoms with E-state index < -0.39 is 0 Å². The van der Waals surface area contributed by atoms with E-state index in [0.717, 1.165) is 68.8 Å². The van der Waals surface area contributed by atoms with Gasteiger partial charge in [0.15, 0.2) is 0 Å². The molecule has 0 saturated heterocycles. The average molecular weight is 651 g/mol. The number of benzene rings is 2. The van der Waals surface area contributed by atoms with Crippen molar-refractivity contribution < 1.29 is 4.79 Å². The van der Waals surface area contributed by atoms with Crippen LogP contribution < -0.4 is 0 Å². The molecule has 0 radical (unpaired) electrons. The van der Waals surface area contributed by atoms with Gasteiger partial charge in [-0.05, 0) is 18.9 Å². The molecule has 1 amide bonds. The van der Waals surface area contributed by atoms with Crippen LogP contribution in [0.2, 0.25) is 0 Å². The van der Waals surface area contributed by atoms with Gasteiger partial charge in [-0.1, -0.05) is 184 Å². The van der Waals surface area contributed by atoms with E-state index in [0.29, 0.717) is 11.5 Å². The first-order valence-corrected chi connectivity index (χ1v) is 19.1. The van der Waals surface area contributed by atoms with E-state index in [1.54, 1.807) is 0 Å². The largest absolute Gasteiger partial charge is 0.323 e. The third-order valence-corrected chi connectivity index (χ3v) is 10.9. The first-order valence-electron chi connectivity index (χ1n) is 17.8. The van der Waals surface area contributed by atoms with E-state index in [4.69, 9.17) is 36.7 Å². The Morgan fingerprint density at radius 1 is 0.432 bits per heavy atom. The van der Waals surface area contributed by atoms with E-state index in [1.165, 1.54) is 109 Å². The van der Waals surface area contributed by atoms with Crippen molar-refractivity contribution in [3.05, 3.63) is 46.5 Å². The minimum atomic E-state index is 0.0201. The summed E-state index contributed by atoms with van der Waals surface area (Å²) in [5.74, 6) is 0.0201. The van der Waals surface area contributed by atoms with E-state index in [1.807, 2.05) is 17.0 Å². The summed E-state index contributed by atoms with van der Waals surface area (Å²) in [4.78, 5) is 19.9. The van der Waals surface area contributed by atoms with Crippen molar-refractivity contribution in [2.75, 3.05) is 13.1 Å². The highest BCUT2D eigenvalue weighted by molar-refractivity contribution is 7.82. The van der Waals surface area contributed by atoms with E-state index >= 15 is 0 Å². The maximum atomic E-state index is 13.7. The Labute approximate surface area is 283 Å². The fourth-order valence-corrected chi connectivity index (χ4v) is 8.00. The highest BCUT2D eigenvalue weighted by Gasteiger charge is 2.35. The number of thiocarbonyl (C=S) groups is 3. The summed E-state index contributed by atoms with van der Waals surface area (Å²) in [7, 11) is 0. The van der Waals surface area contributed by atoms with E-state index in [2.05, 4.69) is 30.9 Å². The Morgan fingerprint density at radius 2 is 0.727 bits per heavy atom. The van der Waals surface area contributed by atoms with Crippen molar-refractivity contribution in [1.82, 2.24) is 9.80 Å². The van der Waals surface area contributed by atoms with E-state index in [9.17, 15) is 4.79 Å². The normalized spacial score (nSPS) is 14.4. The van der Waals surface area contributed by atoms with Crippen molar-refractivity contribution in [2.24, 2.45) is 0 Å². The molecule has 2 aromatic rings. The summed E-state index contributed by atoms with van der Waals surface area (Å²) in [6.45, 7) is 6.07. The number of nitrogens with zero attached hydrogens (tertiary/aromatic N) is 2. The number of amides is 1. The van der Waals surface area contributed by atoms with Crippen LogP contribution in [0.25, 0.3) is 10.8 Å². The minimum Gasteiger partial charge on any atom is -0.323 e. The molecule has 0 N–H and O–H groups in total. The molecule has 0 aromatic heterocycles. The molecule has 44 heavy (non-hydrogen) atoms. The summed E-state index contributed by atoms with van der Waals surface area (Å²) in [5, 5.41) is 1.96. The molecule has 240 valence electrons. The quantitative estimate of drug-likeness (QED) is 0.0932. The lowest BCUT2D eigenvalue weighted by Crippen LogP contribution is -2.42. The molecule has 6 heteroatoms. The van der Waals surface area contributed by atoms with Gasteiger partial charge in [-0.2, -0.15) is 0 Å². The van der Waals surface area contributed by atoms with Crippen LogP contribution in [0.5, 0.6) is 0 Å². The number of hydrogen-bond donors (Lipinski definition) is 0. The molecule has 0 saturated carbocycles. The van der Waals surface area contributed by atoms with Crippen LogP contribution >= 0.6 is 36.7 Å². The Hall–Kier alpha value is -1.76. The number of carbonyl (C=O) groups excluding carboxylic acids is 1. The van der Waals surface area contributed by atoms with Crippen LogP contribution in [0.15, 0.2) is 24.3 Å². The zero-order chi connectivity index (χ0) is 31.3. The van der Waals surface area contributed by atoms with Gasteiger partial charge >= 0.3 is 0 Å². The third kappa shape index (κ3) is 8.73. The summed E-state index contributed by atoms with van der Waals surface area (Å²) >= 11 is 18.0. The highest BCUT2D eigenvalue weighted by atomic mass is 32.1. The number of carbonyl (C=O) groups is 1. The molecule has 0 aliphatic carbocycles. The van der Waals surface area contributed by atoms with Gasteiger partial charge in [0.1, 0.15) is 15.0 Å². The topological polar surface area (TPSA) is 23.6 Å². The average Bonchev–Trinajstić information content (AvgIpc) is 3.03. The van der Waals surface area contributed by atoms with Crippen molar-refractivity contribution in [1.29, 1.82) is 0 Å². The lowest BCUT2D eigenvalue weighted by molar-refractivity contribution is 0.0847. The van der Waals surface area contributed by atoms with Crippen LogP contribution in [0, 0.1) is 0 Å². The van der Waals surface area contributed by atoms with Crippen LogP contribution in [0.1, 0.15) is 169 Å². The lowest BCUT2D eigenvalue weighted by Gasteiger charge is -2.35. The zero-order valence-electron chi connectivity index (χ0n) is 27.4. The van der Waals surface area contributed by atoms with Crippen LogP contribution in [0.4, 0.5) is 0 Å². The van der Waals surface area contributed by atoms with Gasteiger partial charge < -0.3 is 4.90 Å². The summed E-state index contributed by atoms with van der Waals surface area (Å²) in [6, 6.07) is 8.22. The fraction of sp³-hybridized carbons (Fsp3) is 0.632. The standard InChI is InChI=1S/C38H54N2OS3/c1-3-5-7-9-11-13-15-17-19-21-27-39-35(41)29-23-24-31-34-32(26-25-30(33(29)34)36(39)42)38(44)40(37(31)43)28-22-20-18-16-14-12-10-8-6-4-2/h23-26H,3-22,27-28H2,1-2H3. The van der Waals surface area contributed by atoms with Gasteiger partial charge in [-0.15, -0.1) is 0 Å². The Kier molecular flexibility index (Phi) is 14.7. The Morgan fingerprint density at radius 3 is 1.14 bits per heavy atom. The molecule has 0 unspecified atom stereocenters. The molecule has 4 rings (SSSR count). The van der Waals surface area contributed by atoms with E-state index in [-0.39, 0.29) is 5.91 Å². The summed E-state index contributed by atoms with van der Waals surface area (Å²) < 4.78 is 0. The van der Waals surface area contributed by atoms with Crippen molar-refractivity contribution >= 4 is 68.3 Å². The van der Waals surface area contributed by atoms with Gasteiger partial charge in [0.2, 0.25) is 0 Å². The molecule has 0 fully saturated rings. The van der Waals surface area contributed by atoms with Crippen molar-refractivity contribution in [2.45, 2.75) is 142 Å². The molecule has 0 atom stereocenters. The summed E-state index contributed by atoms with van der Waals surface area (Å²) in [5.41, 5.74) is 3.72. The SMILES string of the molecule is CCCCCCCCCCCCN1C(=O)c2ccc3c4c(ccc(c24)C1=S)C(=S)N(CCCCCCCCCCCC)C3=S. The summed E-state index contributed by atoms with van der Waals surface area (Å²) in [6.07, 6.45) is 25.8. The molecule has 2 aromatic carbocycles. The third-order valence-electron chi connectivity index (χ3n) is 9.53. The van der Waals surface area contributed by atoms with Crippen molar-refractivity contribution in [3.8, 4) is 0 Å². The van der Waals surface area contributed by atoms with Gasteiger partial charge in [0.25, 0.3) is 5.91 Å². The maximum absolute atomic E-state index is 13.7. The smallest absolute Gasteiger partial charge is 0.259 e. The monoisotopic (exact) mass is 650 g/mol. The lowest BCUT2D eigenvalue weighted by atomic mass is 9.86. The molecule has 0 bridgehead atoms. The second kappa shape index (κ2) is 18.4. The van der Waals surface area contributed by atoms with Gasteiger partial charge in [0, 0.05) is 46.1 Å². The first kappa shape index (κ1) is 35.1. The number of hydrogen-bond acceptors (Lipinski definition) is 4. The van der Waals surface area contributed by atoms with Gasteiger partial charge in [-0.25, -0.2) is 0 Å². The molecular formula is C38H54N2OS3. The molecule has 2 aliphatic rings. The molecule has 3 nitrogen and oxygen atoms in total. The minimum absolute atomic E-state index is 0.0201. The second-order valence-corrected chi connectivity index (χ2v) is 14.1.